The molecule has 0 heterocycles. The number of rotatable bonds is 48. The molecule has 0 fully saturated rings. The summed E-state index contributed by atoms with van der Waals surface area (Å²) in [6.45, 7) is 14.4. The van der Waals surface area contributed by atoms with E-state index in [1.54, 1.807) is 0 Å². The third kappa shape index (κ3) is 28.9. The zero-order valence-corrected chi connectivity index (χ0v) is 39.9. The molecular formula is C53H84O12. The first-order chi connectivity index (χ1) is 32.4. The number of benzene rings is 3. The van der Waals surface area contributed by atoms with Crippen molar-refractivity contribution in [2.24, 2.45) is 0 Å². The Kier molecular flexibility index (Phi) is 37.0. The van der Waals surface area contributed by atoms with Crippen molar-refractivity contribution in [3.8, 4) is 0 Å². The zero-order valence-electron chi connectivity index (χ0n) is 39.9. The summed E-state index contributed by atoms with van der Waals surface area (Å²) in [7, 11) is 0. The first kappa shape index (κ1) is 56.5. The molecule has 12 nitrogen and oxygen atoms in total. The fourth-order valence-electron chi connectivity index (χ4n) is 7.02. The highest BCUT2D eigenvalue weighted by Gasteiger charge is 2.37. The van der Waals surface area contributed by atoms with E-state index in [0.717, 1.165) is 29.7 Å². The molecule has 368 valence electrons. The highest BCUT2D eigenvalue weighted by molar-refractivity contribution is 5.47. The van der Waals surface area contributed by atoms with Crippen molar-refractivity contribution >= 4 is 0 Å². The number of hydrogen-bond donors (Lipinski definition) is 0. The van der Waals surface area contributed by atoms with Crippen LogP contribution in [-0.4, -0.2) is 152 Å². The minimum absolute atomic E-state index is 0.416. The Labute approximate surface area is 392 Å². The largest absolute Gasteiger partial charge is 0.379 e. The Morgan fingerprint density at radius 3 is 0.723 bits per heavy atom. The molecule has 0 aliphatic heterocycles. The Morgan fingerprint density at radius 1 is 0.246 bits per heavy atom. The number of ether oxygens (including phenoxy) is 12. The highest BCUT2D eigenvalue weighted by atomic mass is 16.6. The van der Waals surface area contributed by atoms with E-state index in [-0.39, 0.29) is 0 Å². The molecule has 0 saturated heterocycles. The van der Waals surface area contributed by atoms with Crippen LogP contribution >= 0.6 is 0 Å². The fourth-order valence-corrected chi connectivity index (χ4v) is 7.02. The van der Waals surface area contributed by atoms with Crippen molar-refractivity contribution in [1.82, 2.24) is 0 Å². The average Bonchev–Trinajstić information content (AvgIpc) is 3.35. The molecule has 0 spiro atoms. The first-order valence-electron chi connectivity index (χ1n) is 24.5. The SMILES string of the molecule is CCCCCCCCCCCCOCCOCCOCCOCCOCCOCCOCCOCCOCCOCCOCCOC(c1ccccc1)(c1ccccc1)c1ccccc1. The summed E-state index contributed by atoms with van der Waals surface area (Å²) in [4.78, 5) is 0. The average molecular weight is 913 g/mol. The van der Waals surface area contributed by atoms with Gasteiger partial charge in [0.05, 0.1) is 145 Å². The van der Waals surface area contributed by atoms with Crippen molar-refractivity contribution in [1.29, 1.82) is 0 Å². The quantitative estimate of drug-likeness (QED) is 0.0398. The minimum Gasteiger partial charge on any atom is -0.379 e. The van der Waals surface area contributed by atoms with Crippen LogP contribution in [0.15, 0.2) is 91.0 Å². The molecule has 3 aromatic rings. The molecule has 12 heteroatoms. The third-order valence-electron chi connectivity index (χ3n) is 10.4. The van der Waals surface area contributed by atoms with Crippen molar-refractivity contribution in [2.45, 2.75) is 76.7 Å². The Balaban J connectivity index is 0.976. The van der Waals surface area contributed by atoms with Gasteiger partial charge in [0.25, 0.3) is 0 Å². The molecular weight excluding hydrogens is 829 g/mol. The van der Waals surface area contributed by atoms with E-state index >= 15 is 0 Å². The van der Waals surface area contributed by atoms with Gasteiger partial charge in [-0.25, -0.2) is 0 Å². The van der Waals surface area contributed by atoms with Crippen molar-refractivity contribution in [2.75, 3.05) is 152 Å². The summed E-state index contributed by atoms with van der Waals surface area (Å²) in [5.74, 6) is 0. The van der Waals surface area contributed by atoms with Crippen LogP contribution in [0.25, 0.3) is 0 Å². The monoisotopic (exact) mass is 913 g/mol. The van der Waals surface area contributed by atoms with Gasteiger partial charge in [0.2, 0.25) is 0 Å². The normalized spacial score (nSPS) is 11.8. The van der Waals surface area contributed by atoms with Crippen LogP contribution in [-0.2, 0) is 62.4 Å². The van der Waals surface area contributed by atoms with Crippen LogP contribution in [0.2, 0.25) is 0 Å². The summed E-state index contributed by atoms with van der Waals surface area (Å²) in [5, 5.41) is 0. The predicted molar refractivity (Wildman–Crippen MR) is 256 cm³/mol. The van der Waals surface area contributed by atoms with Gasteiger partial charge in [0.1, 0.15) is 5.60 Å². The van der Waals surface area contributed by atoms with Gasteiger partial charge in [-0.1, -0.05) is 156 Å². The van der Waals surface area contributed by atoms with Crippen LogP contribution in [0.1, 0.15) is 87.8 Å². The van der Waals surface area contributed by atoms with Crippen LogP contribution in [0.4, 0.5) is 0 Å². The Bertz CT molecular complexity index is 1310. The molecule has 3 rings (SSSR count). The summed E-state index contributed by atoms with van der Waals surface area (Å²) >= 11 is 0. The Morgan fingerprint density at radius 2 is 0.462 bits per heavy atom. The number of unbranched alkanes of at least 4 members (excludes halogenated alkanes) is 9. The van der Waals surface area contributed by atoms with Crippen LogP contribution < -0.4 is 0 Å². The van der Waals surface area contributed by atoms with E-state index in [1.807, 2.05) is 54.6 Å². The van der Waals surface area contributed by atoms with Gasteiger partial charge in [-0.05, 0) is 23.1 Å². The molecule has 0 amide bonds. The van der Waals surface area contributed by atoms with E-state index in [1.165, 1.54) is 57.8 Å². The second kappa shape index (κ2) is 42.5. The molecule has 0 atom stereocenters. The molecule has 0 bridgehead atoms. The summed E-state index contributed by atoms with van der Waals surface area (Å²) in [6.07, 6.45) is 13.4. The van der Waals surface area contributed by atoms with Crippen LogP contribution in [0.5, 0.6) is 0 Å². The predicted octanol–water partition coefficient (Wildman–Crippen LogP) is 9.10. The maximum Gasteiger partial charge on any atom is 0.143 e. The van der Waals surface area contributed by atoms with E-state index in [2.05, 4.69) is 43.3 Å². The second-order valence-electron chi connectivity index (χ2n) is 15.5. The second-order valence-corrected chi connectivity index (χ2v) is 15.5. The lowest BCUT2D eigenvalue weighted by Gasteiger charge is -2.36. The molecule has 0 N–H and O–H groups in total. The van der Waals surface area contributed by atoms with Crippen molar-refractivity contribution in [3.05, 3.63) is 108 Å². The zero-order chi connectivity index (χ0) is 45.7. The van der Waals surface area contributed by atoms with Crippen LogP contribution in [0, 0.1) is 0 Å². The Hall–Kier alpha value is -2.82. The lowest BCUT2D eigenvalue weighted by atomic mass is 9.80. The highest BCUT2D eigenvalue weighted by Crippen LogP contribution is 2.40. The maximum atomic E-state index is 6.74. The summed E-state index contributed by atoms with van der Waals surface area (Å²) in [6, 6.07) is 31.0. The molecule has 0 saturated carbocycles. The van der Waals surface area contributed by atoms with Crippen molar-refractivity contribution in [3.63, 3.8) is 0 Å². The van der Waals surface area contributed by atoms with Gasteiger partial charge in [-0.3, -0.25) is 0 Å². The molecule has 65 heavy (non-hydrogen) atoms. The molecule has 0 unspecified atom stereocenters. The van der Waals surface area contributed by atoms with Gasteiger partial charge in [0.15, 0.2) is 0 Å². The smallest absolute Gasteiger partial charge is 0.143 e. The maximum absolute atomic E-state index is 6.74. The van der Waals surface area contributed by atoms with E-state index in [0.29, 0.717) is 145 Å². The first-order valence-corrected chi connectivity index (χ1v) is 24.5. The van der Waals surface area contributed by atoms with Gasteiger partial charge in [-0.2, -0.15) is 0 Å². The van der Waals surface area contributed by atoms with E-state index in [4.69, 9.17) is 56.8 Å². The number of hydrogen-bond acceptors (Lipinski definition) is 12. The van der Waals surface area contributed by atoms with Gasteiger partial charge in [0, 0.05) is 6.61 Å². The van der Waals surface area contributed by atoms with Gasteiger partial charge < -0.3 is 56.8 Å². The molecule has 0 radical (unpaired) electrons. The molecule has 0 aliphatic rings. The lowest BCUT2D eigenvalue weighted by Crippen LogP contribution is -2.34. The fraction of sp³-hybridized carbons (Fsp3) is 0.660. The van der Waals surface area contributed by atoms with Gasteiger partial charge >= 0.3 is 0 Å². The lowest BCUT2D eigenvalue weighted by molar-refractivity contribution is -0.0399. The molecule has 0 aliphatic carbocycles. The van der Waals surface area contributed by atoms with E-state index < -0.39 is 5.60 Å². The van der Waals surface area contributed by atoms with E-state index in [9.17, 15) is 0 Å². The van der Waals surface area contributed by atoms with Gasteiger partial charge in [-0.15, -0.1) is 0 Å². The third-order valence-corrected chi connectivity index (χ3v) is 10.4. The molecule has 0 aromatic heterocycles. The molecule has 3 aromatic carbocycles. The summed E-state index contributed by atoms with van der Waals surface area (Å²) < 4.78 is 68.5. The standard InChI is InChI=1S/C53H84O12/c1-2-3-4-5-6-7-8-9-10-20-27-54-28-29-55-30-31-56-32-33-57-34-35-58-36-37-59-38-39-60-40-41-61-42-43-62-44-45-63-46-47-64-48-49-65-53(50-21-14-11-15-22-50,51-23-16-12-17-24-51)52-25-18-13-19-26-52/h11-19,21-26H,2-10,20,27-49H2,1H3. The minimum atomic E-state index is -0.753. The topological polar surface area (TPSA) is 111 Å². The summed E-state index contributed by atoms with van der Waals surface area (Å²) in [5.41, 5.74) is 2.45. The van der Waals surface area contributed by atoms with Crippen molar-refractivity contribution < 1.29 is 56.8 Å². The van der Waals surface area contributed by atoms with Crippen LogP contribution in [0.3, 0.4) is 0 Å².